The van der Waals surface area contributed by atoms with E-state index in [1.54, 1.807) is 7.05 Å². The summed E-state index contributed by atoms with van der Waals surface area (Å²) in [6, 6.07) is 0. The molecule has 0 atom stereocenters. The standard InChI is InChI=1S/C24H44N6O4/c1-6-8-10-12-14-16-18-33-23(31)29(4)21-26-20(25-3)27-22(28-21)30(5)24(32)34-19-17-15-13-11-9-7-2/h6-19H2,1-5H3,(H,25,26,27,28). The van der Waals surface area contributed by atoms with Crippen LogP contribution in [0.1, 0.15) is 90.9 Å². The van der Waals surface area contributed by atoms with Crippen molar-refractivity contribution in [3.05, 3.63) is 0 Å². The van der Waals surface area contributed by atoms with Gasteiger partial charge in [-0.15, -0.1) is 0 Å². The van der Waals surface area contributed by atoms with Crippen LogP contribution >= 0.6 is 0 Å². The van der Waals surface area contributed by atoms with E-state index in [0.29, 0.717) is 13.2 Å². The minimum Gasteiger partial charge on any atom is -0.449 e. The lowest BCUT2D eigenvalue weighted by atomic mass is 10.1. The van der Waals surface area contributed by atoms with Crippen LogP contribution in [0.15, 0.2) is 0 Å². The molecule has 194 valence electrons. The fraction of sp³-hybridized carbons (Fsp3) is 0.792. The Balaban J connectivity index is 2.59. The third kappa shape index (κ3) is 11.5. The number of hydrogen-bond acceptors (Lipinski definition) is 8. The van der Waals surface area contributed by atoms with Gasteiger partial charge in [0.25, 0.3) is 0 Å². The Morgan fingerprint density at radius 1 is 0.676 bits per heavy atom. The summed E-state index contributed by atoms with van der Waals surface area (Å²) in [7, 11) is 4.70. The van der Waals surface area contributed by atoms with Crippen molar-refractivity contribution in [1.29, 1.82) is 0 Å². The summed E-state index contributed by atoms with van der Waals surface area (Å²) in [5.74, 6) is 0.391. The van der Waals surface area contributed by atoms with Crippen LogP contribution in [0.5, 0.6) is 0 Å². The number of nitrogens with one attached hydrogen (secondary N) is 1. The predicted octanol–water partition coefficient (Wildman–Crippen LogP) is 5.78. The highest BCUT2D eigenvalue weighted by atomic mass is 16.6. The maximum atomic E-state index is 12.4. The average molecular weight is 481 g/mol. The normalized spacial score (nSPS) is 10.6. The van der Waals surface area contributed by atoms with E-state index < -0.39 is 12.2 Å². The molecule has 0 radical (unpaired) electrons. The molecule has 0 saturated carbocycles. The van der Waals surface area contributed by atoms with Crippen molar-refractivity contribution in [3.63, 3.8) is 0 Å². The second-order valence-electron chi connectivity index (χ2n) is 8.39. The summed E-state index contributed by atoms with van der Waals surface area (Å²) in [5, 5.41) is 2.83. The van der Waals surface area contributed by atoms with Gasteiger partial charge >= 0.3 is 12.2 Å². The molecule has 10 nitrogen and oxygen atoms in total. The van der Waals surface area contributed by atoms with Crippen LogP contribution in [0.4, 0.5) is 27.4 Å². The van der Waals surface area contributed by atoms with Gasteiger partial charge in [-0.05, 0) is 12.8 Å². The van der Waals surface area contributed by atoms with Crippen molar-refractivity contribution in [2.24, 2.45) is 0 Å². The molecule has 0 aliphatic rings. The van der Waals surface area contributed by atoms with Gasteiger partial charge in [-0.2, -0.15) is 15.0 Å². The number of nitrogens with zero attached hydrogens (tertiary/aromatic N) is 5. The van der Waals surface area contributed by atoms with Gasteiger partial charge in [0.05, 0.1) is 13.2 Å². The number of amides is 2. The average Bonchev–Trinajstić information content (AvgIpc) is 2.86. The summed E-state index contributed by atoms with van der Waals surface area (Å²) in [4.78, 5) is 40.0. The second-order valence-corrected chi connectivity index (χ2v) is 8.39. The van der Waals surface area contributed by atoms with E-state index in [1.165, 1.54) is 62.4 Å². The largest absolute Gasteiger partial charge is 0.449 e. The molecule has 1 rings (SSSR count). The molecule has 1 aromatic heterocycles. The van der Waals surface area contributed by atoms with E-state index in [4.69, 9.17) is 9.47 Å². The van der Waals surface area contributed by atoms with Crippen molar-refractivity contribution in [2.75, 3.05) is 49.5 Å². The van der Waals surface area contributed by atoms with Crippen molar-refractivity contribution >= 4 is 30.0 Å². The van der Waals surface area contributed by atoms with Crippen LogP contribution in [-0.4, -0.2) is 61.5 Å². The topological polar surface area (TPSA) is 110 Å². The lowest BCUT2D eigenvalue weighted by molar-refractivity contribution is 0.152. The predicted molar refractivity (Wildman–Crippen MR) is 136 cm³/mol. The Morgan fingerprint density at radius 2 is 1.06 bits per heavy atom. The Kier molecular flexibility index (Phi) is 15.4. The molecule has 0 bridgehead atoms. The first-order chi connectivity index (χ1) is 16.4. The quantitative estimate of drug-likeness (QED) is 0.279. The maximum absolute atomic E-state index is 12.4. The second kappa shape index (κ2) is 17.8. The van der Waals surface area contributed by atoms with E-state index in [2.05, 4.69) is 34.1 Å². The van der Waals surface area contributed by atoms with Crippen LogP contribution in [0, 0.1) is 0 Å². The van der Waals surface area contributed by atoms with Gasteiger partial charge in [-0.1, -0.05) is 78.1 Å². The zero-order chi connectivity index (χ0) is 25.2. The Morgan fingerprint density at radius 3 is 1.44 bits per heavy atom. The minimum absolute atomic E-state index is 0.0814. The molecular formula is C24H44N6O4. The minimum atomic E-state index is -0.555. The highest BCUT2D eigenvalue weighted by molar-refractivity contribution is 5.87. The number of ether oxygens (including phenoxy) is 2. The zero-order valence-corrected chi connectivity index (χ0v) is 21.8. The van der Waals surface area contributed by atoms with Crippen molar-refractivity contribution in [2.45, 2.75) is 90.9 Å². The van der Waals surface area contributed by atoms with Crippen LogP contribution in [0.2, 0.25) is 0 Å². The van der Waals surface area contributed by atoms with E-state index >= 15 is 0 Å². The van der Waals surface area contributed by atoms with Crippen molar-refractivity contribution < 1.29 is 19.1 Å². The number of unbranched alkanes of at least 4 members (excludes halogenated alkanes) is 10. The fourth-order valence-corrected chi connectivity index (χ4v) is 3.21. The molecule has 0 unspecified atom stereocenters. The molecule has 10 heteroatoms. The van der Waals surface area contributed by atoms with Gasteiger partial charge in [0, 0.05) is 21.1 Å². The molecular weight excluding hydrogens is 436 g/mol. The lowest BCUT2D eigenvalue weighted by Gasteiger charge is -2.19. The highest BCUT2D eigenvalue weighted by Gasteiger charge is 2.22. The van der Waals surface area contributed by atoms with E-state index in [9.17, 15) is 9.59 Å². The van der Waals surface area contributed by atoms with E-state index in [0.717, 1.165) is 38.5 Å². The van der Waals surface area contributed by atoms with Gasteiger partial charge in [0.2, 0.25) is 17.8 Å². The van der Waals surface area contributed by atoms with Crippen LogP contribution in [-0.2, 0) is 9.47 Å². The first-order valence-corrected chi connectivity index (χ1v) is 12.7. The molecule has 0 aromatic carbocycles. The van der Waals surface area contributed by atoms with Gasteiger partial charge in [0.15, 0.2) is 0 Å². The highest BCUT2D eigenvalue weighted by Crippen LogP contribution is 2.17. The van der Waals surface area contributed by atoms with Crippen LogP contribution in [0.3, 0.4) is 0 Å². The van der Waals surface area contributed by atoms with Crippen LogP contribution in [0.25, 0.3) is 0 Å². The summed E-state index contributed by atoms with van der Waals surface area (Å²) in [6.45, 7) is 5.05. The number of carbonyl (C=O) groups is 2. The van der Waals surface area contributed by atoms with E-state index in [1.807, 2.05) is 0 Å². The number of carbonyl (C=O) groups excluding carboxylic acids is 2. The van der Waals surface area contributed by atoms with Crippen LogP contribution < -0.4 is 15.1 Å². The molecule has 34 heavy (non-hydrogen) atoms. The zero-order valence-electron chi connectivity index (χ0n) is 21.8. The van der Waals surface area contributed by atoms with Crippen molar-refractivity contribution in [1.82, 2.24) is 15.0 Å². The fourth-order valence-electron chi connectivity index (χ4n) is 3.21. The molecule has 0 fully saturated rings. The summed E-state index contributed by atoms with van der Waals surface area (Å²) in [6.07, 6.45) is 12.2. The number of hydrogen-bond donors (Lipinski definition) is 1. The number of aromatic nitrogens is 3. The van der Waals surface area contributed by atoms with Crippen molar-refractivity contribution in [3.8, 4) is 0 Å². The van der Waals surface area contributed by atoms with E-state index in [-0.39, 0.29) is 17.8 Å². The first kappa shape index (κ1) is 29.4. The maximum Gasteiger partial charge on any atom is 0.416 e. The number of rotatable bonds is 17. The third-order valence-corrected chi connectivity index (χ3v) is 5.43. The smallest absolute Gasteiger partial charge is 0.416 e. The van der Waals surface area contributed by atoms with Gasteiger partial charge in [0.1, 0.15) is 0 Å². The SMILES string of the molecule is CCCCCCCCOC(=O)N(C)c1nc(NC)nc(N(C)C(=O)OCCCCCCCC)n1. The Hall–Kier alpha value is -2.65. The molecule has 0 spiro atoms. The molecule has 0 aliphatic carbocycles. The summed E-state index contributed by atoms with van der Waals surface area (Å²) < 4.78 is 10.7. The van der Waals surface area contributed by atoms with Gasteiger partial charge in [-0.25, -0.2) is 19.4 Å². The third-order valence-electron chi connectivity index (χ3n) is 5.43. The first-order valence-electron chi connectivity index (χ1n) is 12.7. The number of anilines is 3. The molecule has 0 saturated heterocycles. The molecule has 1 aromatic rings. The summed E-state index contributed by atoms with van der Waals surface area (Å²) >= 11 is 0. The molecule has 1 N–H and O–H groups in total. The van der Waals surface area contributed by atoms with Gasteiger partial charge < -0.3 is 14.8 Å². The molecule has 1 heterocycles. The molecule has 2 amide bonds. The lowest BCUT2D eigenvalue weighted by Crippen LogP contribution is -2.32. The summed E-state index contributed by atoms with van der Waals surface area (Å²) in [5.41, 5.74) is 0. The van der Waals surface area contributed by atoms with Gasteiger partial charge in [-0.3, -0.25) is 0 Å². The Labute approximate surface area is 204 Å². The molecule has 0 aliphatic heterocycles. The monoisotopic (exact) mass is 480 g/mol. The Bertz CT molecular complexity index is 664.